The van der Waals surface area contributed by atoms with Gasteiger partial charge in [0.25, 0.3) is 0 Å². The molecule has 0 spiro atoms. The monoisotopic (exact) mass is 353 g/mol. The highest BCUT2D eigenvalue weighted by atomic mass is 32.1. The first-order chi connectivity index (χ1) is 12.1. The Kier molecular flexibility index (Phi) is 3.97. The minimum Gasteiger partial charge on any atom is -0.464 e. The molecule has 3 aromatic rings. The second-order valence-electron chi connectivity index (χ2n) is 5.90. The van der Waals surface area contributed by atoms with Crippen molar-refractivity contribution in [3.8, 4) is 0 Å². The number of para-hydroxylation sites is 1. The molecule has 3 heterocycles. The summed E-state index contributed by atoms with van der Waals surface area (Å²) in [5, 5.41) is 3.72. The van der Waals surface area contributed by atoms with Gasteiger partial charge in [0.2, 0.25) is 0 Å². The largest absolute Gasteiger partial charge is 0.464 e. The van der Waals surface area contributed by atoms with E-state index in [0.29, 0.717) is 16.6 Å². The third kappa shape index (κ3) is 2.78. The minimum atomic E-state index is -0.332. The molecule has 4 nitrogen and oxygen atoms in total. The molecule has 1 fully saturated rings. The zero-order chi connectivity index (χ0) is 17.4. The number of aromatic nitrogens is 1. The molecule has 2 aromatic heterocycles. The van der Waals surface area contributed by atoms with Crippen molar-refractivity contribution in [2.75, 3.05) is 4.90 Å². The molecule has 2 atom stereocenters. The van der Waals surface area contributed by atoms with E-state index >= 15 is 0 Å². The minimum absolute atomic E-state index is 0.237. The third-order valence-electron chi connectivity index (χ3n) is 4.26. The van der Waals surface area contributed by atoms with Gasteiger partial charge in [-0.3, -0.25) is 4.98 Å². The van der Waals surface area contributed by atoms with Gasteiger partial charge in [0.05, 0.1) is 17.4 Å². The van der Waals surface area contributed by atoms with Crippen LogP contribution in [-0.4, -0.2) is 10.1 Å². The van der Waals surface area contributed by atoms with Crippen molar-refractivity contribution >= 4 is 23.0 Å². The summed E-state index contributed by atoms with van der Waals surface area (Å²) in [7, 11) is 0. The van der Waals surface area contributed by atoms with Gasteiger partial charge in [-0.15, -0.1) is 0 Å². The number of hydrogen-bond donors (Lipinski definition) is 1. The molecule has 25 heavy (non-hydrogen) atoms. The number of thiocarbonyl (C=S) groups is 1. The molecular weight excluding hydrogens is 337 g/mol. The van der Waals surface area contributed by atoms with E-state index < -0.39 is 0 Å². The van der Waals surface area contributed by atoms with Crippen molar-refractivity contribution in [2.45, 2.75) is 19.0 Å². The normalized spacial score (nSPS) is 19.9. The van der Waals surface area contributed by atoms with Gasteiger partial charge in [0.15, 0.2) is 5.11 Å². The average Bonchev–Trinajstić information content (AvgIpc) is 3.19. The topological polar surface area (TPSA) is 41.3 Å². The van der Waals surface area contributed by atoms with Gasteiger partial charge in [0.1, 0.15) is 23.4 Å². The van der Waals surface area contributed by atoms with Gasteiger partial charge in [-0.2, -0.15) is 0 Å². The summed E-state index contributed by atoms with van der Waals surface area (Å²) in [5.41, 5.74) is 1.24. The first-order valence-electron chi connectivity index (χ1n) is 7.96. The fourth-order valence-electron chi connectivity index (χ4n) is 3.16. The maximum atomic E-state index is 14.5. The molecule has 4 rings (SSSR count). The Labute approximate surface area is 150 Å². The van der Waals surface area contributed by atoms with Gasteiger partial charge in [-0.1, -0.05) is 18.2 Å². The van der Waals surface area contributed by atoms with Gasteiger partial charge < -0.3 is 14.6 Å². The standard InChI is InChI=1S/C19H16FN3OS/c1-12-9-10-16(24-12)18-17(14-7-4-5-11-21-14)22-19(25)23(18)15-8-3-2-6-13(15)20/h2-11,17-18H,1H3,(H,22,25)/t17-,18+/m1/s1. The Bertz CT molecular complexity index is 912. The van der Waals surface area contributed by atoms with Crippen molar-refractivity contribution in [3.05, 3.63) is 83.8 Å². The summed E-state index contributed by atoms with van der Waals surface area (Å²) in [6.45, 7) is 1.88. The number of halogens is 1. The number of pyridine rings is 1. The van der Waals surface area contributed by atoms with E-state index in [9.17, 15) is 4.39 Å². The van der Waals surface area contributed by atoms with Crippen LogP contribution < -0.4 is 10.2 Å². The molecule has 126 valence electrons. The SMILES string of the molecule is Cc1ccc([C@H]2[C@@H](c3ccccn3)NC(=S)N2c2ccccc2F)o1. The lowest BCUT2D eigenvalue weighted by atomic mass is 10.0. The highest BCUT2D eigenvalue weighted by Crippen LogP contribution is 2.42. The number of nitrogens with one attached hydrogen (secondary N) is 1. The predicted molar refractivity (Wildman–Crippen MR) is 97.8 cm³/mol. The summed E-state index contributed by atoms with van der Waals surface area (Å²) in [6.07, 6.45) is 1.73. The lowest BCUT2D eigenvalue weighted by molar-refractivity contribution is 0.416. The van der Waals surface area contributed by atoms with E-state index in [1.54, 1.807) is 29.3 Å². The number of hydrogen-bond acceptors (Lipinski definition) is 3. The fraction of sp³-hybridized carbons (Fsp3) is 0.158. The lowest BCUT2D eigenvalue weighted by Crippen LogP contribution is -2.30. The number of aryl methyl sites for hydroxylation is 1. The number of furan rings is 1. The molecule has 1 N–H and O–H groups in total. The van der Waals surface area contributed by atoms with E-state index in [1.165, 1.54) is 6.07 Å². The van der Waals surface area contributed by atoms with Crippen molar-refractivity contribution < 1.29 is 8.81 Å². The van der Waals surface area contributed by atoms with Crippen molar-refractivity contribution in [1.29, 1.82) is 0 Å². The van der Waals surface area contributed by atoms with Crippen LogP contribution in [0.1, 0.15) is 29.3 Å². The van der Waals surface area contributed by atoms with E-state index in [-0.39, 0.29) is 17.9 Å². The highest BCUT2D eigenvalue weighted by molar-refractivity contribution is 7.80. The molecule has 1 aliphatic rings. The third-order valence-corrected chi connectivity index (χ3v) is 4.58. The molecule has 1 aromatic carbocycles. The second-order valence-corrected chi connectivity index (χ2v) is 6.28. The van der Waals surface area contributed by atoms with Gasteiger partial charge in [-0.05, 0) is 55.5 Å². The lowest BCUT2D eigenvalue weighted by Gasteiger charge is -2.26. The Hall–Kier alpha value is -2.73. The summed E-state index contributed by atoms with van der Waals surface area (Å²) >= 11 is 5.52. The Morgan fingerprint density at radius 1 is 1.12 bits per heavy atom. The molecule has 1 saturated heterocycles. The van der Waals surface area contributed by atoms with Crippen LogP contribution in [0.3, 0.4) is 0 Å². The maximum absolute atomic E-state index is 14.5. The summed E-state index contributed by atoms with van der Waals surface area (Å²) in [5.74, 6) is 1.17. The maximum Gasteiger partial charge on any atom is 0.174 e. The first kappa shape index (κ1) is 15.8. The Morgan fingerprint density at radius 2 is 1.92 bits per heavy atom. The van der Waals surface area contributed by atoms with Gasteiger partial charge in [0, 0.05) is 6.20 Å². The quantitative estimate of drug-likeness (QED) is 0.711. The number of rotatable bonds is 3. The Balaban J connectivity index is 1.85. The van der Waals surface area contributed by atoms with Crippen molar-refractivity contribution in [1.82, 2.24) is 10.3 Å². The van der Waals surface area contributed by atoms with Crippen molar-refractivity contribution in [3.63, 3.8) is 0 Å². The van der Waals surface area contributed by atoms with Crippen LogP contribution in [0.15, 0.2) is 65.2 Å². The molecule has 6 heteroatoms. The zero-order valence-corrected chi connectivity index (χ0v) is 14.3. The van der Waals surface area contributed by atoms with Crippen LogP contribution in [0.25, 0.3) is 0 Å². The molecule has 0 bridgehead atoms. The second kappa shape index (κ2) is 6.29. The number of benzene rings is 1. The zero-order valence-electron chi connectivity index (χ0n) is 13.5. The highest BCUT2D eigenvalue weighted by Gasteiger charge is 2.43. The van der Waals surface area contributed by atoms with Crippen LogP contribution in [0, 0.1) is 12.7 Å². The number of anilines is 1. The van der Waals surface area contributed by atoms with Gasteiger partial charge in [-0.25, -0.2) is 4.39 Å². The molecular formula is C19H16FN3OS. The Morgan fingerprint density at radius 3 is 2.60 bits per heavy atom. The number of nitrogens with zero attached hydrogens (tertiary/aromatic N) is 2. The van der Waals surface area contributed by atoms with Crippen LogP contribution in [0.5, 0.6) is 0 Å². The molecule has 0 radical (unpaired) electrons. The molecule has 1 aliphatic heterocycles. The van der Waals surface area contributed by atoms with Crippen LogP contribution in [0.2, 0.25) is 0 Å². The predicted octanol–water partition coefficient (Wildman–Crippen LogP) is 4.30. The molecule has 0 amide bonds. The summed E-state index contributed by atoms with van der Waals surface area (Å²) < 4.78 is 20.3. The summed E-state index contributed by atoms with van der Waals surface area (Å²) in [6, 6.07) is 15.5. The van der Waals surface area contributed by atoms with Gasteiger partial charge >= 0.3 is 0 Å². The van der Waals surface area contributed by atoms with E-state index in [0.717, 1.165) is 11.5 Å². The van der Waals surface area contributed by atoms with Crippen LogP contribution >= 0.6 is 12.2 Å². The van der Waals surface area contributed by atoms with Crippen LogP contribution in [0.4, 0.5) is 10.1 Å². The summed E-state index contributed by atoms with van der Waals surface area (Å²) in [4.78, 5) is 6.21. The van der Waals surface area contributed by atoms with Crippen LogP contribution in [-0.2, 0) is 0 Å². The molecule has 0 aliphatic carbocycles. The molecule has 0 unspecified atom stereocenters. The van der Waals surface area contributed by atoms with E-state index in [1.807, 2.05) is 37.3 Å². The first-order valence-corrected chi connectivity index (χ1v) is 8.37. The van der Waals surface area contributed by atoms with E-state index in [2.05, 4.69) is 10.3 Å². The van der Waals surface area contributed by atoms with E-state index in [4.69, 9.17) is 16.6 Å². The fourth-order valence-corrected chi connectivity index (χ4v) is 3.50. The average molecular weight is 353 g/mol. The molecule has 0 saturated carbocycles. The smallest absolute Gasteiger partial charge is 0.174 e. The van der Waals surface area contributed by atoms with Crippen molar-refractivity contribution in [2.24, 2.45) is 0 Å².